The number of aromatic nitrogens is 2. The molecule has 0 aliphatic carbocycles. The van der Waals surface area contributed by atoms with Crippen LogP contribution < -0.4 is 0 Å². The second-order valence-electron chi connectivity index (χ2n) is 7.02. The van der Waals surface area contributed by atoms with Gasteiger partial charge in [-0.25, -0.2) is 9.97 Å². The largest absolute Gasteiger partial charge is 0.433 e. The molecule has 0 fully saturated rings. The van der Waals surface area contributed by atoms with Crippen molar-refractivity contribution in [3.8, 4) is 0 Å². The Morgan fingerprint density at radius 1 is 0.543 bits per heavy atom. The third kappa shape index (κ3) is 7.19. The van der Waals surface area contributed by atoms with E-state index in [0.717, 1.165) is 14.2 Å². The highest BCUT2D eigenvalue weighted by Gasteiger charge is 2.41. The van der Waals surface area contributed by atoms with E-state index in [-0.39, 0.29) is 24.3 Å². The molecule has 0 aliphatic heterocycles. The van der Waals surface area contributed by atoms with Crippen molar-refractivity contribution in [1.29, 1.82) is 0 Å². The minimum absolute atomic E-state index is 0.227. The van der Waals surface area contributed by atoms with Gasteiger partial charge in [-0.1, -0.05) is 0 Å². The average molecular weight is 530 g/mol. The average Bonchev–Trinajstić information content (AvgIpc) is 2.71. The fourth-order valence-electron chi connectivity index (χ4n) is 2.99. The summed E-state index contributed by atoms with van der Waals surface area (Å²) in [7, 11) is 1.74. The van der Waals surface area contributed by atoms with Crippen LogP contribution in [0.3, 0.4) is 0 Å². The smallest absolute Gasteiger partial charge is 0.377 e. The van der Waals surface area contributed by atoms with E-state index in [1.807, 2.05) is 0 Å². The third-order valence-corrected chi connectivity index (χ3v) is 4.60. The Hall–Kier alpha value is -2.62. The first kappa shape index (κ1) is 28.6. The number of ether oxygens (including phenoxy) is 2. The van der Waals surface area contributed by atoms with Crippen molar-refractivity contribution in [1.82, 2.24) is 9.97 Å². The van der Waals surface area contributed by atoms with E-state index >= 15 is 0 Å². The molecule has 0 aliphatic rings. The van der Waals surface area contributed by atoms with Gasteiger partial charge < -0.3 is 9.47 Å². The highest BCUT2D eigenvalue weighted by Crippen LogP contribution is 2.40. The SMILES string of the molecule is COC(CC(OC)c1cc(C(F)(F)F)nc(C(F)(F)F)c1)c1cc(C(F)(F)F)nc(C(F)(F)F)c1. The quantitative estimate of drug-likeness (QED) is 0.377. The summed E-state index contributed by atoms with van der Waals surface area (Å²) >= 11 is 0. The van der Waals surface area contributed by atoms with Crippen molar-refractivity contribution in [2.45, 2.75) is 43.3 Å². The summed E-state index contributed by atoms with van der Waals surface area (Å²) in [5.41, 5.74) is -9.18. The first-order chi connectivity index (χ1) is 15.8. The van der Waals surface area contributed by atoms with Gasteiger partial charge in [0.1, 0.15) is 22.8 Å². The minimum atomic E-state index is -5.30. The molecule has 2 heterocycles. The normalized spacial score (nSPS) is 15.3. The molecule has 2 rings (SSSR count). The standard InChI is InChI=1S/C19H14F12N2O2/c1-34-10(8-3-12(16(20,21)22)32-13(4-8)17(23,24)25)7-11(35-2)9-5-14(18(26,27)28)33-15(6-9)19(29,30)31/h3-6,10-11H,7H2,1-2H3. The van der Waals surface area contributed by atoms with Gasteiger partial charge in [-0.3, -0.25) is 0 Å². The van der Waals surface area contributed by atoms with Gasteiger partial charge in [-0.2, -0.15) is 52.7 Å². The molecule has 0 saturated heterocycles. The van der Waals surface area contributed by atoms with Gasteiger partial charge in [0, 0.05) is 20.6 Å². The van der Waals surface area contributed by atoms with E-state index in [1.54, 1.807) is 0 Å². The van der Waals surface area contributed by atoms with Crippen LogP contribution in [0.15, 0.2) is 24.3 Å². The number of pyridine rings is 2. The van der Waals surface area contributed by atoms with E-state index in [2.05, 4.69) is 9.97 Å². The second-order valence-corrected chi connectivity index (χ2v) is 7.02. The second kappa shape index (κ2) is 9.79. The van der Waals surface area contributed by atoms with Crippen LogP contribution in [-0.4, -0.2) is 24.2 Å². The van der Waals surface area contributed by atoms with Crippen molar-refractivity contribution >= 4 is 0 Å². The lowest BCUT2D eigenvalue weighted by Gasteiger charge is -2.25. The van der Waals surface area contributed by atoms with Crippen molar-refractivity contribution in [2.75, 3.05) is 14.2 Å². The number of halogens is 12. The lowest BCUT2D eigenvalue weighted by Crippen LogP contribution is -2.19. The zero-order valence-electron chi connectivity index (χ0n) is 17.4. The molecule has 0 N–H and O–H groups in total. The Morgan fingerprint density at radius 3 is 0.943 bits per heavy atom. The van der Waals surface area contributed by atoms with Crippen molar-refractivity contribution in [3.63, 3.8) is 0 Å². The maximum absolute atomic E-state index is 13.1. The monoisotopic (exact) mass is 530 g/mol. The molecule has 0 saturated carbocycles. The topological polar surface area (TPSA) is 44.2 Å². The lowest BCUT2D eigenvalue weighted by molar-refractivity contribution is -0.151. The fraction of sp³-hybridized carbons (Fsp3) is 0.474. The number of nitrogens with zero attached hydrogens (tertiary/aromatic N) is 2. The van der Waals surface area contributed by atoms with Crippen LogP contribution in [0.4, 0.5) is 52.7 Å². The van der Waals surface area contributed by atoms with Gasteiger partial charge >= 0.3 is 24.7 Å². The van der Waals surface area contributed by atoms with E-state index < -0.39 is 77.2 Å². The van der Waals surface area contributed by atoms with Crippen molar-refractivity contribution < 1.29 is 62.2 Å². The summed E-state index contributed by atoms with van der Waals surface area (Å²) < 4.78 is 167. The Kier molecular flexibility index (Phi) is 8.01. The number of methoxy groups -OCH3 is 2. The van der Waals surface area contributed by atoms with Gasteiger partial charge in [0.25, 0.3) is 0 Å². The van der Waals surface area contributed by atoms with Gasteiger partial charge in [0.2, 0.25) is 0 Å². The van der Waals surface area contributed by atoms with E-state index in [9.17, 15) is 52.7 Å². The molecule has 16 heteroatoms. The Bertz CT molecular complexity index is 882. The molecular formula is C19H14F12N2O2. The first-order valence-electron chi connectivity index (χ1n) is 9.15. The summed E-state index contributed by atoms with van der Waals surface area (Å²) in [5, 5.41) is 0. The maximum atomic E-state index is 13.1. The summed E-state index contributed by atoms with van der Waals surface area (Å²) in [6.07, 6.45) is -25.3. The maximum Gasteiger partial charge on any atom is 0.433 e. The predicted molar refractivity (Wildman–Crippen MR) is 92.6 cm³/mol. The molecule has 2 aromatic heterocycles. The highest BCUT2D eigenvalue weighted by atomic mass is 19.4. The highest BCUT2D eigenvalue weighted by molar-refractivity contribution is 5.30. The molecule has 0 amide bonds. The Balaban J connectivity index is 2.58. The number of hydrogen-bond acceptors (Lipinski definition) is 4. The molecule has 2 atom stereocenters. The predicted octanol–water partition coefficient (Wildman–Crippen LogP) is 7.02. The zero-order valence-corrected chi connectivity index (χ0v) is 17.4. The summed E-state index contributed by atoms with van der Waals surface area (Å²) in [6.45, 7) is 0. The molecule has 0 bridgehead atoms. The van der Waals surface area contributed by atoms with Gasteiger partial charge in [0.05, 0.1) is 12.2 Å². The fourth-order valence-corrected chi connectivity index (χ4v) is 2.99. The minimum Gasteiger partial charge on any atom is -0.377 e. The number of rotatable bonds is 6. The lowest BCUT2D eigenvalue weighted by atomic mass is 9.97. The van der Waals surface area contributed by atoms with Crippen LogP contribution in [0, 0.1) is 0 Å². The van der Waals surface area contributed by atoms with Crippen LogP contribution >= 0.6 is 0 Å². The third-order valence-electron chi connectivity index (χ3n) is 4.60. The van der Waals surface area contributed by atoms with Crippen LogP contribution in [0.2, 0.25) is 0 Å². The molecule has 196 valence electrons. The van der Waals surface area contributed by atoms with Crippen molar-refractivity contribution in [3.05, 3.63) is 58.2 Å². The molecule has 0 aromatic carbocycles. The van der Waals surface area contributed by atoms with Crippen molar-refractivity contribution in [2.24, 2.45) is 0 Å². The first-order valence-corrected chi connectivity index (χ1v) is 9.15. The molecule has 4 nitrogen and oxygen atoms in total. The number of alkyl halides is 12. The molecule has 2 aromatic rings. The molecular weight excluding hydrogens is 516 g/mol. The van der Waals surface area contributed by atoms with Crippen LogP contribution in [0.1, 0.15) is 52.5 Å². The van der Waals surface area contributed by atoms with Gasteiger partial charge in [-0.15, -0.1) is 0 Å². The molecule has 0 spiro atoms. The summed E-state index contributed by atoms with van der Waals surface area (Å²) in [5.74, 6) is 0. The van der Waals surface area contributed by atoms with Gasteiger partial charge in [0.15, 0.2) is 0 Å². The summed E-state index contributed by atoms with van der Waals surface area (Å²) in [4.78, 5) is 5.06. The van der Waals surface area contributed by atoms with E-state index in [4.69, 9.17) is 9.47 Å². The number of hydrogen-bond donors (Lipinski definition) is 0. The molecule has 35 heavy (non-hydrogen) atoms. The van der Waals surface area contributed by atoms with Gasteiger partial charge in [-0.05, 0) is 35.4 Å². The van der Waals surface area contributed by atoms with E-state index in [0.29, 0.717) is 0 Å². The zero-order chi connectivity index (χ0) is 27.0. The van der Waals surface area contributed by atoms with Crippen LogP contribution in [0.25, 0.3) is 0 Å². The Labute approximate surface area is 188 Å². The molecule has 0 radical (unpaired) electrons. The van der Waals surface area contributed by atoms with Crippen LogP contribution in [-0.2, 0) is 34.2 Å². The Morgan fingerprint density at radius 2 is 0.771 bits per heavy atom. The van der Waals surface area contributed by atoms with E-state index in [1.165, 1.54) is 0 Å². The summed E-state index contributed by atoms with van der Waals surface area (Å²) in [6, 6.07) is 0.909. The van der Waals surface area contributed by atoms with Crippen LogP contribution in [0.5, 0.6) is 0 Å². The molecule has 2 unspecified atom stereocenters.